The zero-order chi connectivity index (χ0) is 37.6. The van der Waals surface area contributed by atoms with Gasteiger partial charge in [0.15, 0.2) is 5.78 Å². The molecule has 14 nitrogen and oxygen atoms in total. The SMILES string of the molecule is COC(=O)c1ccc(OCCOCCOCCOCCNC(=O)[C@@H](CC(=O)[C@@H](O)[C@@H](Cc2ccccc2)NC(=O)OC(C)(C)C)CC(C)C)cn1. The van der Waals surface area contributed by atoms with Gasteiger partial charge in [0, 0.05) is 18.9 Å². The summed E-state index contributed by atoms with van der Waals surface area (Å²) < 4.78 is 32.0. The van der Waals surface area contributed by atoms with Gasteiger partial charge in [-0.05, 0) is 57.2 Å². The quantitative estimate of drug-likeness (QED) is 0.106. The number of carbonyl (C=O) groups is 4. The Morgan fingerprint density at radius 3 is 2.06 bits per heavy atom. The van der Waals surface area contributed by atoms with Crippen LogP contribution in [0.25, 0.3) is 0 Å². The van der Waals surface area contributed by atoms with Crippen LogP contribution in [0, 0.1) is 11.8 Å². The summed E-state index contributed by atoms with van der Waals surface area (Å²) in [5.41, 5.74) is 0.260. The summed E-state index contributed by atoms with van der Waals surface area (Å²) in [6, 6.07) is 11.4. The number of alkyl carbamates (subject to hydrolysis) is 1. The topological polar surface area (TPSA) is 181 Å². The number of nitrogens with one attached hydrogen (secondary N) is 2. The highest BCUT2D eigenvalue weighted by atomic mass is 16.6. The average molecular weight is 718 g/mol. The summed E-state index contributed by atoms with van der Waals surface area (Å²) in [6.07, 6.45) is -0.387. The molecule has 1 heterocycles. The van der Waals surface area contributed by atoms with Crippen LogP contribution < -0.4 is 15.4 Å². The number of rotatable bonds is 24. The predicted octanol–water partition coefficient (Wildman–Crippen LogP) is 3.53. The molecule has 0 unspecified atom stereocenters. The van der Waals surface area contributed by atoms with Crippen LogP contribution in [-0.2, 0) is 39.7 Å². The Labute approximate surface area is 300 Å². The monoisotopic (exact) mass is 717 g/mol. The highest BCUT2D eigenvalue weighted by Crippen LogP contribution is 2.19. The van der Waals surface area contributed by atoms with Gasteiger partial charge in [0.1, 0.15) is 29.8 Å². The lowest BCUT2D eigenvalue weighted by Crippen LogP contribution is -2.50. The van der Waals surface area contributed by atoms with Gasteiger partial charge < -0.3 is 44.2 Å². The molecule has 0 bridgehead atoms. The zero-order valence-corrected chi connectivity index (χ0v) is 30.7. The first kappa shape index (κ1) is 43.1. The van der Waals surface area contributed by atoms with E-state index < -0.39 is 41.5 Å². The molecule has 2 aromatic rings. The van der Waals surface area contributed by atoms with E-state index in [2.05, 4.69) is 20.4 Å². The number of hydrogen-bond acceptors (Lipinski definition) is 12. The van der Waals surface area contributed by atoms with E-state index >= 15 is 0 Å². The summed E-state index contributed by atoms with van der Waals surface area (Å²) >= 11 is 0. The molecule has 1 aromatic carbocycles. The van der Waals surface area contributed by atoms with E-state index in [-0.39, 0.29) is 43.5 Å². The van der Waals surface area contributed by atoms with Crippen molar-refractivity contribution >= 4 is 23.8 Å². The molecule has 1 aromatic heterocycles. The van der Waals surface area contributed by atoms with Gasteiger partial charge in [-0.15, -0.1) is 0 Å². The first-order valence-electron chi connectivity index (χ1n) is 17.2. The molecule has 3 N–H and O–H groups in total. The van der Waals surface area contributed by atoms with Crippen LogP contribution in [-0.4, -0.2) is 111 Å². The third kappa shape index (κ3) is 18.6. The van der Waals surface area contributed by atoms with Crippen molar-refractivity contribution in [2.45, 2.75) is 71.6 Å². The van der Waals surface area contributed by atoms with Crippen molar-refractivity contribution in [3.63, 3.8) is 0 Å². The van der Waals surface area contributed by atoms with Crippen molar-refractivity contribution in [1.29, 1.82) is 0 Å². The normalized spacial score (nSPS) is 13.2. The van der Waals surface area contributed by atoms with Gasteiger partial charge in [0.05, 0.1) is 59.0 Å². The highest BCUT2D eigenvalue weighted by molar-refractivity contribution is 5.90. The van der Waals surface area contributed by atoms with E-state index in [1.54, 1.807) is 26.8 Å². The summed E-state index contributed by atoms with van der Waals surface area (Å²) in [5, 5.41) is 16.6. The van der Waals surface area contributed by atoms with E-state index in [4.69, 9.17) is 23.7 Å². The maximum Gasteiger partial charge on any atom is 0.407 e. The predicted molar refractivity (Wildman–Crippen MR) is 188 cm³/mol. The maximum absolute atomic E-state index is 13.3. The molecule has 2 rings (SSSR count). The van der Waals surface area contributed by atoms with Crippen LogP contribution >= 0.6 is 0 Å². The first-order chi connectivity index (χ1) is 24.3. The minimum Gasteiger partial charge on any atom is -0.490 e. The van der Waals surface area contributed by atoms with Crippen LogP contribution in [0.4, 0.5) is 4.79 Å². The smallest absolute Gasteiger partial charge is 0.407 e. The van der Waals surface area contributed by atoms with Gasteiger partial charge in [-0.1, -0.05) is 44.2 Å². The van der Waals surface area contributed by atoms with E-state index in [9.17, 15) is 24.3 Å². The van der Waals surface area contributed by atoms with Crippen molar-refractivity contribution in [3.05, 3.63) is 59.9 Å². The van der Waals surface area contributed by atoms with Crippen LogP contribution in [0.15, 0.2) is 48.7 Å². The number of pyridine rings is 1. The van der Waals surface area contributed by atoms with Crippen LogP contribution in [0.5, 0.6) is 5.75 Å². The van der Waals surface area contributed by atoms with Crippen LogP contribution in [0.1, 0.15) is 63.5 Å². The molecule has 3 atom stereocenters. The number of aromatic nitrogens is 1. The second kappa shape index (κ2) is 23.4. The van der Waals surface area contributed by atoms with Gasteiger partial charge in [0.2, 0.25) is 5.91 Å². The molecular weight excluding hydrogens is 662 g/mol. The fourth-order valence-electron chi connectivity index (χ4n) is 4.85. The number of carbonyl (C=O) groups excluding carboxylic acids is 4. The average Bonchev–Trinajstić information content (AvgIpc) is 3.08. The molecule has 51 heavy (non-hydrogen) atoms. The third-order valence-electron chi connectivity index (χ3n) is 7.20. The standard InChI is InChI=1S/C37H55N3O11/c1-26(2)22-28(24-32(41)33(42)31(23-27-10-8-7-9-11-27)40-36(45)51-37(3,4)5)34(43)38-14-15-47-16-17-48-18-19-49-20-21-50-29-12-13-30(39-25-29)35(44)46-6/h7-13,25-26,28,31,33,42H,14-24H2,1-6H3,(H,38,43)(H,40,45)/t28-,31-,33+/m1/s1. The number of hydrogen-bond donors (Lipinski definition) is 3. The Morgan fingerprint density at radius 2 is 1.49 bits per heavy atom. The van der Waals surface area contributed by atoms with E-state index in [1.165, 1.54) is 19.4 Å². The lowest BCUT2D eigenvalue weighted by atomic mass is 9.88. The van der Waals surface area contributed by atoms with Crippen molar-refractivity contribution in [2.75, 3.05) is 59.9 Å². The zero-order valence-electron chi connectivity index (χ0n) is 30.7. The van der Waals surface area contributed by atoms with E-state index in [0.29, 0.717) is 51.8 Å². The number of aliphatic hydroxyl groups excluding tert-OH is 1. The summed E-state index contributed by atoms with van der Waals surface area (Å²) in [6.45, 7) is 11.6. The van der Waals surface area contributed by atoms with E-state index in [0.717, 1.165) is 5.56 Å². The number of ether oxygens (including phenoxy) is 6. The summed E-state index contributed by atoms with van der Waals surface area (Å²) in [7, 11) is 1.29. The number of benzene rings is 1. The fourth-order valence-corrected chi connectivity index (χ4v) is 4.85. The molecule has 0 fully saturated rings. The van der Waals surface area contributed by atoms with Crippen molar-refractivity contribution in [1.82, 2.24) is 15.6 Å². The lowest BCUT2D eigenvalue weighted by molar-refractivity contribution is -0.134. The number of methoxy groups -OCH3 is 1. The Morgan fingerprint density at radius 1 is 0.863 bits per heavy atom. The van der Waals surface area contributed by atoms with Crippen LogP contribution in [0.3, 0.4) is 0 Å². The molecular formula is C37H55N3O11. The molecule has 0 spiro atoms. The summed E-state index contributed by atoms with van der Waals surface area (Å²) in [4.78, 5) is 54.4. The molecule has 2 amide bonds. The van der Waals surface area contributed by atoms with Gasteiger partial charge in [-0.2, -0.15) is 0 Å². The molecule has 0 saturated heterocycles. The molecule has 14 heteroatoms. The third-order valence-corrected chi connectivity index (χ3v) is 7.20. The lowest BCUT2D eigenvalue weighted by Gasteiger charge is -2.27. The highest BCUT2D eigenvalue weighted by Gasteiger charge is 2.33. The largest absolute Gasteiger partial charge is 0.490 e. The Kier molecular flexibility index (Phi) is 19.7. The number of aliphatic hydroxyl groups is 1. The van der Waals surface area contributed by atoms with Gasteiger partial charge in [-0.3, -0.25) is 9.59 Å². The molecule has 284 valence electrons. The Bertz CT molecular complexity index is 1320. The second-order valence-electron chi connectivity index (χ2n) is 13.2. The molecule has 0 aliphatic carbocycles. The van der Waals surface area contributed by atoms with Crippen molar-refractivity contribution in [3.8, 4) is 5.75 Å². The number of esters is 1. The van der Waals surface area contributed by atoms with Crippen molar-refractivity contribution in [2.24, 2.45) is 11.8 Å². The van der Waals surface area contributed by atoms with Gasteiger partial charge in [-0.25, -0.2) is 14.6 Å². The minimum absolute atomic E-state index is 0.125. The van der Waals surface area contributed by atoms with Crippen LogP contribution in [0.2, 0.25) is 0 Å². The Balaban J connectivity index is 1.68. The number of ketones is 1. The minimum atomic E-state index is -1.54. The number of nitrogens with zero attached hydrogens (tertiary/aromatic N) is 1. The number of amides is 2. The molecule has 0 radical (unpaired) electrons. The molecule has 0 aliphatic heterocycles. The molecule has 0 aliphatic rings. The van der Waals surface area contributed by atoms with Gasteiger partial charge >= 0.3 is 12.1 Å². The van der Waals surface area contributed by atoms with Crippen molar-refractivity contribution < 1.29 is 52.7 Å². The van der Waals surface area contributed by atoms with Gasteiger partial charge in [0.25, 0.3) is 0 Å². The Hall–Kier alpha value is -4.11. The maximum atomic E-state index is 13.3. The number of Topliss-reactive ketones (excluding diaryl/α,β-unsaturated/α-hetero) is 1. The van der Waals surface area contributed by atoms with E-state index in [1.807, 2.05) is 44.2 Å². The first-order valence-corrected chi connectivity index (χ1v) is 17.2. The second-order valence-corrected chi connectivity index (χ2v) is 13.2. The molecule has 0 saturated carbocycles. The summed E-state index contributed by atoms with van der Waals surface area (Å²) in [5.74, 6) is -1.39. The fraction of sp³-hybridized carbons (Fsp3) is 0.595.